The van der Waals surface area contributed by atoms with Crippen LogP contribution in [0.15, 0.2) is 12.2 Å². The van der Waals surface area contributed by atoms with Crippen molar-refractivity contribution in [3.05, 3.63) is 12.2 Å². The summed E-state index contributed by atoms with van der Waals surface area (Å²) < 4.78 is 9.00. The molecule has 0 heterocycles. The lowest BCUT2D eigenvalue weighted by atomic mass is 10.2. The van der Waals surface area contributed by atoms with E-state index in [1.807, 2.05) is 0 Å². The molecular formula is C9H14O5. The Hall–Kier alpha value is -1.36. The molecule has 80 valence electrons. The number of aliphatic hydroxyl groups excluding tert-OH is 1. The van der Waals surface area contributed by atoms with Gasteiger partial charge in [-0.1, -0.05) is 0 Å². The van der Waals surface area contributed by atoms with Gasteiger partial charge in [-0.25, -0.2) is 4.79 Å². The summed E-state index contributed by atoms with van der Waals surface area (Å²) in [5.41, 5.74) is 0. The minimum absolute atomic E-state index is 0.483. The van der Waals surface area contributed by atoms with Gasteiger partial charge in [0, 0.05) is 13.0 Å². The Bertz CT molecular complexity index is 233. The Kier molecular flexibility index (Phi) is 5.55. The molecule has 0 aromatic rings. The van der Waals surface area contributed by atoms with Gasteiger partial charge in [0.05, 0.1) is 7.11 Å². The SMILES string of the molecule is COC(=O)/C=C/[C@H](O)[C@@H](C)OC(C)=O. The van der Waals surface area contributed by atoms with Gasteiger partial charge in [0.2, 0.25) is 0 Å². The molecule has 0 amide bonds. The van der Waals surface area contributed by atoms with E-state index in [0.29, 0.717) is 0 Å². The number of rotatable bonds is 4. The summed E-state index contributed by atoms with van der Waals surface area (Å²) in [7, 11) is 1.23. The molecule has 0 aromatic heterocycles. The van der Waals surface area contributed by atoms with Crippen LogP contribution in [0.5, 0.6) is 0 Å². The van der Waals surface area contributed by atoms with E-state index in [-0.39, 0.29) is 0 Å². The predicted molar refractivity (Wildman–Crippen MR) is 48.4 cm³/mol. The lowest BCUT2D eigenvalue weighted by molar-refractivity contribution is -0.149. The average molecular weight is 202 g/mol. The molecule has 1 N–H and O–H groups in total. The summed E-state index contributed by atoms with van der Waals surface area (Å²) in [5.74, 6) is -1.05. The van der Waals surface area contributed by atoms with Gasteiger partial charge in [-0.05, 0) is 13.0 Å². The Morgan fingerprint density at radius 3 is 2.43 bits per heavy atom. The largest absolute Gasteiger partial charge is 0.466 e. The van der Waals surface area contributed by atoms with Gasteiger partial charge in [-0.3, -0.25) is 4.79 Å². The molecule has 0 bridgehead atoms. The van der Waals surface area contributed by atoms with Crippen LogP contribution in [-0.4, -0.2) is 36.4 Å². The topological polar surface area (TPSA) is 72.8 Å². The summed E-state index contributed by atoms with van der Waals surface area (Å²) in [4.78, 5) is 21.1. The number of hydrogen-bond donors (Lipinski definition) is 1. The average Bonchev–Trinajstić information content (AvgIpc) is 2.12. The van der Waals surface area contributed by atoms with Crippen LogP contribution in [0.4, 0.5) is 0 Å². The monoisotopic (exact) mass is 202 g/mol. The normalized spacial score (nSPS) is 14.9. The van der Waals surface area contributed by atoms with Crippen molar-refractivity contribution in [2.75, 3.05) is 7.11 Å². The number of carbonyl (C=O) groups is 2. The van der Waals surface area contributed by atoms with Gasteiger partial charge in [0.15, 0.2) is 0 Å². The standard InChI is InChI=1S/C9H14O5/c1-6(14-7(2)10)8(11)4-5-9(12)13-3/h4-6,8,11H,1-3H3/b5-4+/t6-,8+/m1/s1. The Balaban J connectivity index is 4.06. The van der Waals surface area contributed by atoms with Crippen molar-refractivity contribution in [2.45, 2.75) is 26.1 Å². The van der Waals surface area contributed by atoms with Crippen LogP contribution in [0.3, 0.4) is 0 Å². The van der Waals surface area contributed by atoms with Crippen LogP contribution in [0.2, 0.25) is 0 Å². The maximum atomic E-state index is 10.6. The van der Waals surface area contributed by atoms with Crippen molar-refractivity contribution in [3.8, 4) is 0 Å². The maximum absolute atomic E-state index is 10.6. The van der Waals surface area contributed by atoms with Gasteiger partial charge in [0.1, 0.15) is 12.2 Å². The van der Waals surface area contributed by atoms with Crippen LogP contribution in [0.25, 0.3) is 0 Å². The van der Waals surface area contributed by atoms with Gasteiger partial charge in [-0.2, -0.15) is 0 Å². The number of carbonyl (C=O) groups excluding carboxylic acids is 2. The Labute approximate surface area is 82.3 Å². The molecule has 0 aromatic carbocycles. The fraction of sp³-hybridized carbons (Fsp3) is 0.556. The summed E-state index contributed by atoms with van der Waals surface area (Å²) in [6.07, 6.45) is 0.579. The molecule has 5 heteroatoms. The third-order valence-electron chi connectivity index (χ3n) is 1.46. The van der Waals surface area contributed by atoms with Crippen LogP contribution in [0, 0.1) is 0 Å². The molecule has 0 aliphatic rings. The second kappa shape index (κ2) is 6.15. The molecule has 0 aliphatic heterocycles. The van der Waals surface area contributed by atoms with Gasteiger partial charge in [0.25, 0.3) is 0 Å². The van der Waals surface area contributed by atoms with E-state index in [0.717, 1.165) is 6.08 Å². The first kappa shape index (κ1) is 12.6. The lowest BCUT2D eigenvalue weighted by Crippen LogP contribution is -2.26. The first-order valence-electron chi connectivity index (χ1n) is 4.08. The van der Waals surface area contributed by atoms with Gasteiger partial charge < -0.3 is 14.6 Å². The Morgan fingerprint density at radius 1 is 1.43 bits per heavy atom. The molecular weight excluding hydrogens is 188 g/mol. The first-order valence-corrected chi connectivity index (χ1v) is 4.08. The summed E-state index contributed by atoms with van der Waals surface area (Å²) >= 11 is 0. The summed E-state index contributed by atoms with van der Waals surface area (Å²) in [6.45, 7) is 2.76. The van der Waals surface area contributed by atoms with Crippen molar-refractivity contribution in [2.24, 2.45) is 0 Å². The molecule has 5 nitrogen and oxygen atoms in total. The molecule has 2 atom stereocenters. The lowest BCUT2D eigenvalue weighted by Gasteiger charge is -2.14. The third kappa shape index (κ3) is 5.31. The van der Waals surface area contributed by atoms with Crippen LogP contribution >= 0.6 is 0 Å². The molecule has 0 rings (SSSR count). The molecule has 0 saturated heterocycles. The highest BCUT2D eigenvalue weighted by molar-refractivity contribution is 5.81. The van der Waals surface area contributed by atoms with E-state index in [2.05, 4.69) is 9.47 Å². The number of aliphatic hydroxyl groups is 1. The number of ether oxygens (including phenoxy) is 2. The number of methoxy groups -OCH3 is 1. The second-order valence-corrected chi connectivity index (χ2v) is 2.69. The highest BCUT2D eigenvalue weighted by Gasteiger charge is 2.13. The van der Waals surface area contributed by atoms with Crippen molar-refractivity contribution >= 4 is 11.9 Å². The Morgan fingerprint density at radius 2 is 2.00 bits per heavy atom. The predicted octanol–water partition coefficient (Wildman–Crippen LogP) is 0.0281. The molecule has 0 saturated carbocycles. The fourth-order valence-corrected chi connectivity index (χ4v) is 0.733. The molecule has 0 fully saturated rings. The quantitative estimate of drug-likeness (QED) is 0.514. The molecule has 14 heavy (non-hydrogen) atoms. The van der Waals surface area contributed by atoms with E-state index in [1.54, 1.807) is 0 Å². The van der Waals surface area contributed by atoms with E-state index in [9.17, 15) is 14.7 Å². The van der Waals surface area contributed by atoms with Crippen LogP contribution < -0.4 is 0 Å². The van der Waals surface area contributed by atoms with Crippen molar-refractivity contribution in [1.29, 1.82) is 0 Å². The first-order chi connectivity index (χ1) is 6.47. The van der Waals surface area contributed by atoms with Crippen molar-refractivity contribution < 1.29 is 24.2 Å². The van der Waals surface area contributed by atoms with Crippen LogP contribution in [0.1, 0.15) is 13.8 Å². The van der Waals surface area contributed by atoms with E-state index < -0.39 is 24.1 Å². The van der Waals surface area contributed by atoms with E-state index in [1.165, 1.54) is 27.0 Å². The third-order valence-corrected chi connectivity index (χ3v) is 1.46. The van der Waals surface area contributed by atoms with Crippen LogP contribution in [-0.2, 0) is 19.1 Å². The van der Waals surface area contributed by atoms with Gasteiger partial charge >= 0.3 is 11.9 Å². The maximum Gasteiger partial charge on any atom is 0.330 e. The summed E-state index contributed by atoms with van der Waals surface area (Å²) in [6, 6.07) is 0. The zero-order valence-electron chi connectivity index (χ0n) is 8.39. The van der Waals surface area contributed by atoms with Crippen molar-refractivity contribution in [3.63, 3.8) is 0 Å². The zero-order valence-corrected chi connectivity index (χ0v) is 8.39. The highest BCUT2D eigenvalue weighted by atomic mass is 16.6. The fourth-order valence-electron chi connectivity index (χ4n) is 0.733. The number of hydrogen-bond acceptors (Lipinski definition) is 5. The zero-order chi connectivity index (χ0) is 11.1. The summed E-state index contributed by atoms with van der Waals surface area (Å²) in [5, 5.41) is 9.34. The minimum atomic E-state index is -1.02. The second-order valence-electron chi connectivity index (χ2n) is 2.69. The molecule has 0 unspecified atom stereocenters. The van der Waals surface area contributed by atoms with Crippen molar-refractivity contribution in [1.82, 2.24) is 0 Å². The molecule has 0 aliphatic carbocycles. The molecule has 0 radical (unpaired) electrons. The van der Waals surface area contributed by atoms with E-state index >= 15 is 0 Å². The highest BCUT2D eigenvalue weighted by Crippen LogP contribution is 2.00. The van der Waals surface area contributed by atoms with E-state index in [4.69, 9.17) is 0 Å². The minimum Gasteiger partial charge on any atom is -0.466 e. The smallest absolute Gasteiger partial charge is 0.330 e. The van der Waals surface area contributed by atoms with Gasteiger partial charge in [-0.15, -0.1) is 0 Å². The molecule has 0 spiro atoms. The number of esters is 2.